The average molecular weight is 153 g/mol. The van der Waals surface area contributed by atoms with Crippen molar-refractivity contribution in [3.8, 4) is 0 Å². The third-order valence-corrected chi connectivity index (χ3v) is 1.69. The summed E-state index contributed by atoms with van der Waals surface area (Å²) in [5, 5.41) is 0. The molecule has 0 aromatic rings. The van der Waals surface area contributed by atoms with Gasteiger partial charge in [0.1, 0.15) is 0 Å². The highest BCUT2D eigenvalue weighted by atomic mass is 16.5. The summed E-state index contributed by atoms with van der Waals surface area (Å²) in [6, 6.07) is 0. The van der Waals surface area contributed by atoms with Gasteiger partial charge in [-0.25, -0.2) is 0 Å². The van der Waals surface area contributed by atoms with E-state index in [1.54, 1.807) is 6.21 Å². The van der Waals surface area contributed by atoms with Gasteiger partial charge in [-0.3, -0.25) is 4.99 Å². The average Bonchev–Trinajstić information content (AvgIpc) is 2.80. The van der Waals surface area contributed by atoms with Crippen LogP contribution < -0.4 is 0 Å². The maximum atomic E-state index is 5.47. The fourth-order valence-corrected chi connectivity index (χ4v) is 0.797. The summed E-state index contributed by atoms with van der Waals surface area (Å²) in [4.78, 5) is 3.88. The molecule has 11 heavy (non-hydrogen) atoms. The second-order valence-electron chi connectivity index (χ2n) is 2.96. The van der Waals surface area contributed by atoms with Gasteiger partial charge in [-0.15, -0.1) is 0 Å². The molecular formula is C9H15NO. The molecule has 62 valence electrons. The standard InChI is InChI=1S/C9H15NO/c1-3-10-6-8(2)11-7-9-4-5-9/h3,6,8-9H,1,4-5,7H2,2H3. The Morgan fingerprint density at radius 3 is 3.00 bits per heavy atom. The Bertz CT molecular complexity index is 150. The van der Waals surface area contributed by atoms with Gasteiger partial charge in [0, 0.05) is 12.4 Å². The van der Waals surface area contributed by atoms with Crippen molar-refractivity contribution in [2.75, 3.05) is 6.61 Å². The van der Waals surface area contributed by atoms with Crippen LogP contribution in [0, 0.1) is 5.92 Å². The largest absolute Gasteiger partial charge is 0.373 e. The Hall–Kier alpha value is -0.630. The molecule has 0 spiro atoms. The molecule has 0 aromatic heterocycles. The number of ether oxygens (including phenoxy) is 1. The zero-order chi connectivity index (χ0) is 8.10. The lowest BCUT2D eigenvalue weighted by molar-refractivity contribution is 0.103. The van der Waals surface area contributed by atoms with E-state index in [1.165, 1.54) is 19.0 Å². The molecule has 1 aliphatic carbocycles. The number of rotatable bonds is 5. The molecule has 2 heteroatoms. The van der Waals surface area contributed by atoms with E-state index >= 15 is 0 Å². The third-order valence-electron chi connectivity index (χ3n) is 1.69. The van der Waals surface area contributed by atoms with Gasteiger partial charge in [0.05, 0.1) is 12.7 Å². The summed E-state index contributed by atoms with van der Waals surface area (Å²) in [7, 11) is 0. The van der Waals surface area contributed by atoms with Crippen molar-refractivity contribution in [3.63, 3.8) is 0 Å². The molecule has 1 aliphatic rings. The van der Waals surface area contributed by atoms with Crippen molar-refractivity contribution in [3.05, 3.63) is 12.8 Å². The SMILES string of the molecule is C=CN=CC(C)OCC1CC1. The van der Waals surface area contributed by atoms with Gasteiger partial charge in [-0.1, -0.05) is 6.58 Å². The summed E-state index contributed by atoms with van der Waals surface area (Å²) in [6.45, 7) is 6.38. The predicted octanol–water partition coefficient (Wildman–Crippen LogP) is 2.02. The Morgan fingerprint density at radius 2 is 2.45 bits per heavy atom. The van der Waals surface area contributed by atoms with Gasteiger partial charge < -0.3 is 4.74 Å². The predicted molar refractivity (Wildman–Crippen MR) is 46.8 cm³/mol. The van der Waals surface area contributed by atoms with Gasteiger partial charge in [0.2, 0.25) is 0 Å². The van der Waals surface area contributed by atoms with Crippen LogP contribution in [0.25, 0.3) is 0 Å². The molecule has 0 saturated heterocycles. The Morgan fingerprint density at radius 1 is 1.73 bits per heavy atom. The fourth-order valence-electron chi connectivity index (χ4n) is 0.797. The van der Waals surface area contributed by atoms with Crippen LogP contribution in [0.15, 0.2) is 17.8 Å². The van der Waals surface area contributed by atoms with E-state index in [1.807, 2.05) is 6.92 Å². The topological polar surface area (TPSA) is 21.6 Å². The first-order valence-corrected chi connectivity index (χ1v) is 4.08. The molecule has 1 fully saturated rings. The molecule has 0 heterocycles. The first kappa shape index (κ1) is 8.47. The van der Waals surface area contributed by atoms with Crippen LogP contribution in [0.4, 0.5) is 0 Å². The highest BCUT2D eigenvalue weighted by molar-refractivity contribution is 5.63. The van der Waals surface area contributed by atoms with Crippen LogP contribution in [0.3, 0.4) is 0 Å². The minimum atomic E-state index is 0.133. The number of aliphatic imine (C=N–C) groups is 1. The normalized spacial score (nSPS) is 20.5. The van der Waals surface area contributed by atoms with Crippen molar-refractivity contribution >= 4 is 6.21 Å². The lowest BCUT2D eigenvalue weighted by Gasteiger charge is -2.05. The fraction of sp³-hybridized carbons (Fsp3) is 0.667. The van der Waals surface area contributed by atoms with Gasteiger partial charge in [0.25, 0.3) is 0 Å². The van der Waals surface area contributed by atoms with Crippen LogP contribution >= 0.6 is 0 Å². The lowest BCUT2D eigenvalue weighted by atomic mass is 10.4. The maximum Gasteiger partial charge on any atom is 0.0898 e. The number of hydrogen-bond donors (Lipinski definition) is 0. The summed E-state index contributed by atoms with van der Waals surface area (Å²) < 4.78 is 5.47. The van der Waals surface area contributed by atoms with Crippen molar-refractivity contribution in [1.29, 1.82) is 0 Å². The van der Waals surface area contributed by atoms with E-state index in [2.05, 4.69) is 11.6 Å². The van der Waals surface area contributed by atoms with E-state index < -0.39 is 0 Å². The molecule has 0 aliphatic heterocycles. The molecule has 0 aromatic carbocycles. The maximum absolute atomic E-state index is 5.47. The van der Waals surface area contributed by atoms with Crippen LogP contribution in [-0.2, 0) is 4.74 Å². The van der Waals surface area contributed by atoms with Crippen molar-refractivity contribution in [1.82, 2.24) is 0 Å². The highest BCUT2D eigenvalue weighted by Crippen LogP contribution is 2.28. The molecule has 0 bridgehead atoms. The third kappa shape index (κ3) is 3.94. The Balaban J connectivity index is 2.03. The first-order chi connectivity index (χ1) is 5.33. The van der Waals surface area contributed by atoms with Crippen molar-refractivity contribution < 1.29 is 4.74 Å². The molecule has 0 radical (unpaired) electrons. The summed E-state index contributed by atoms with van der Waals surface area (Å²) in [6.07, 6.45) is 6.11. The monoisotopic (exact) mass is 153 g/mol. The molecule has 2 nitrogen and oxygen atoms in total. The van der Waals surface area contributed by atoms with Crippen molar-refractivity contribution in [2.45, 2.75) is 25.9 Å². The van der Waals surface area contributed by atoms with Crippen LogP contribution in [0.2, 0.25) is 0 Å². The lowest BCUT2D eigenvalue weighted by Crippen LogP contribution is -2.11. The van der Waals surface area contributed by atoms with Gasteiger partial charge in [0.15, 0.2) is 0 Å². The molecule has 1 saturated carbocycles. The number of hydrogen-bond acceptors (Lipinski definition) is 2. The number of nitrogens with zero attached hydrogens (tertiary/aromatic N) is 1. The second-order valence-corrected chi connectivity index (χ2v) is 2.96. The quantitative estimate of drug-likeness (QED) is 0.554. The minimum Gasteiger partial charge on any atom is -0.373 e. The first-order valence-electron chi connectivity index (χ1n) is 4.08. The van der Waals surface area contributed by atoms with E-state index in [-0.39, 0.29) is 6.10 Å². The van der Waals surface area contributed by atoms with E-state index in [4.69, 9.17) is 4.74 Å². The Kier molecular flexibility index (Phi) is 3.30. The van der Waals surface area contributed by atoms with Crippen molar-refractivity contribution in [2.24, 2.45) is 10.9 Å². The van der Waals surface area contributed by atoms with Gasteiger partial charge >= 0.3 is 0 Å². The smallest absolute Gasteiger partial charge is 0.0898 e. The van der Waals surface area contributed by atoms with E-state index in [0.717, 1.165) is 12.5 Å². The van der Waals surface area contributed by atoms with Crippen LogP contribution in [-0.4, -0.2) is 18.9 Å². The highest BCUT2D eigenvalue weighted by Gasteiger charge is 2.21. The molecule has 0 N–H and O–H groups in total. The Labute approximate surface area is 68.0 Å². The zero-order valence-electron chi connectivity index (χ0n) is 6.99. The molecule has 0 amide bonds. The molecule has 1 rings (SSSR count). The molecule has 1 unspecified atom stereocenters. The molecule has 1 atom stereocenters. The van der Waals surface area contributed by atoms with E-state index in [9.17, 15) is 0 Å². The summed E-state index contributed by atoms with van der Waals surface area (Å²) in [5.74, 6) is 0.828. The van der Waals surface area contributed by atoms with E-state index in [0.29, 0.717) is 0 Å². The second kappa shape index (κ2) is 4.29. The van der Waals surface area contributed by atoms with Crippen LogP contribution in [0.5, 0.6) is 0 Å². The summed E-state index contributed by atoms with van der Waals surface area (Å²) >= 11 is 0. The summed E-state index contributed by atoms with van der Waals surface area (Å²) in [5.41, 5.74) is 0. The van der Waals surface area contributed by atoms with Crippen LogP contribution in [0.1, 0.15) is 19.8 Å². The zero-order valence-corrected chi connectivity index (χ0v) is 6.99. The minimum absolute atomic E-state index is 0.133. The molecular weight excluding hydrogens is 138 g/mol. The van der Waals surface area contributed by atoms with Gasteiger partial charge in [-0.2, -0.15) is 0 Å². The van der Waals surface area contributed by atoms with Gasteiger partial charge in [-0.05, 0) is 25.7 Å².